The molecule has 0 aliphatic carbocycles. The Labute approximate surface area is 116 Å². The van der Waals surface area contributed by atoms with Crippen molar-refractivity contribution in [1.29, 1.82) is 0 Å². The highest BCUT2D eigenvalue weighted by Gasteiger charge is 2.47. The number of nitrogens with one attached hydrogen (secondary N) is 1. The minimum absolute atomic E-state index is 0.00680. The molecule has 2 heterocycles. The number of hydrogen-bond acceptors (Lipinski definition) is 5. The van der Waals surface area contributed by atoms with Crippen LogP contribution < -0.4 is 5.32 Å². The number of rotatable bonds is 4. The van der Waals surface area contributed by atoms with Crippen LogP contribution in [0.25, 0.3) is 0 Å². The van der Waals surface area contributed by atoms with Gasteiger partial charge in [0, 0.05) is 39.3 Å². The van der Waals surface area contributed by atoms with Crippen LogP contribution in [0.15, 0.2) is 0 Å². The number of nitrogens with zero attached hydrogens (tertiary/aromatic N) is 2. The molecule has 110 valence electrons. The van der Waals surface area contributed by atoms with E-state index >= 15 is 0 Å². The molecule has 0 aromatic carbocycles. The van der Waals surface area contributed by atoms with E-state index in [2.05, 4.69) is 22.0 Å². The minimum atomic E-state index is -0.371. The van der Waals surface area contributed by atoms with E-state index in [9.17, 15) is 4.79 Å². The predicted octanol–water partition coefficient (Wildman–Crippen LogP) is 0.309. The SMILES string of the molecule is CCOC(=O)C1(N2CCNCC2)CCN(CC)CC1. The van der Waals surface area contributed by atoms with Gasteiger partial charge < -0.3 is 15.0 Å². The normalized spacial score (nSPS) is 25.2. The summed E-state index contributed by atoms with van der Waals surface area (Å²) in [5.74, 6) is -0.00680. The van der Waals surface area contributed by atoms with Crippen LogP contribution in [0.5, 0.6) is 0 Å². The Morgan fingerprint density at radius 2 is 1.79 bits per heavy atom. The van der Waals surface area contributed by atoms with Gasteiger partial charge in [-0.2, -0.15) is 0 Å². The van der Waals surface area contributed by atoms with Gasteiger partial charge >= 0.3 is 5.97 Å². The largest absolute Gasteiger partial charge is 0.465 e. The van der Waals surface area contributed by atoms with Gasteiger partial charge in [0.15, 0.2) is 0 Å². The van der Waals surface area contributed by atoms with Crippen molar-refractivity contribution in [2.45, 2.75) is 32.2 Å². The Hall–Kier alpha value is -0.650. The van der Waals surface area contributed by atoms with E-state index in [1.165, 1.54) is 0 Å². The van der Waals surface area contributed by atoms with Crippen molar-refractivity contribution < 1.29 is 9.53 Å². The summed E-state index contributed by atoms with van der Waals surface area (Å²) in [5, 5.41) is 3.36. The fourth-order valence-corrected chi connectivity index (χ4v) is 3.25. The summed E-state index contributed by atoms with van der Waals surface area (Å²) in [7, 11) is 0. The molecule has 0 aromatic rings. The van der Waals surface area contributed by atoms with Crippen molar-refractivity contribution in [3.05, 3.63) is 0 Å². The van der Waals surface area contributed by atoms with Crippen molar-refractivity contribution in [3.63, 3.8) is 0 Å². The third-order valence-corrected chi connectivity index (χ3v) is 4.51. The molecule has 2 rings (SSSR count). The molecule has 0 saturated carbocycles. The third kappa shape index (κ3) is 3.09. The van der Waals surface area contributed by atoms with E-state index in [4.69, 9.17) is 4.74 Å². The summed E-state index contributed by atoms with van der Waals surface area (Å²) in [6, 6.07) is 0. The molecule has 0 amide bonds. The second kappa shape index (κ2) is 6.68. The second-order valence-electron chi connectivity index (χ2n) is 5.42. The summed E-state index contributed by atoms with van der Waals surface area (Å²) in [6.07, 6.45) is 1.80. The first kappa shape index (κ1) is 14.8. The zero-order valence-electron chi connectivity index (χ0n) is 12.3. The highest BCUT2D eigenvalue weighted by atomic mass is 16.5. The van der Waals surface area contributed by atoms with Gasteiger partial charge in [-0.15, -0.1) is 0 Å². The molecular formula is C14H27N3O2. The maximum absolute atomic E-state index is 12.5. The molecule has 0 radical (unpaired) electrons. The van der Waals surface area contributed by atoms with Gasteiger partial charge in [-0.25, -0.2) is 0 Å². The predicted molar refractivity (Wildman–Crippen MR) is 75.2 cm³/mol. The number of carbonyl (C=O) groups excluding carboxylic acids is 1. The summed E-state index contributed by atoms with van der Waals surface area (Å²) >= 11 is 0. The Bertz CT molecular complexity index is 295. The molecular weight excluding hydrogens is 242 g/mol. The molecule has 2 aliphatic rings. The molecule has 0 bridgehead atoms. The maximum Gasteiger partial charge on any atom is 0.326 e. The van der Waals surface area contributed by atoms with Gasteiger partial charge in [0.1, 0.15) is 5.54 Å². The lowest BCUT2D eigenvalue weighted by Crippen LogP contribution is -2.64. The topological polar surface area (TPSA) is 44.8 Å². The number of piperidine rings is 1. The van der Waals surface area contributed by atoms with Crippen LogP contribution in [-0.2, 0) is 9.53 Å². The second-order valence-corrected chi connectivity index (χ2v) is 5.42. The van der Waals surface area contributed by atoms with Gasteiger partial charge in [0.2, 0.25) is 0 Å². The van der Waals surface area contributed by atoms with Gasteiger partial charge in [-0.05, 0) is 26.3 Å². The molecule has 2 saturated heterocycles. The van der Waals surface area contributed by atoms with E-state index in [0.717, 1.165) is 58.7 Å². The molecule has 1 N–H and O–H groups in total. The molecule has 19 heavy (non-hydrogen) atoms. The monoisotopic (exact) mass is 269 g/mol. The summed E-state index contributed by atoms with van der Waals surface area (Å²) in [5.41, 5.74) is -0.371. The minimum Gasteiger partial charge on any atom is -0.465 e. The standard InChI is InChI=1S/C14H27N3O2/c1-3-16-9-5-14(6-10-16,13(18)19-4-2)17-11-7-15-8-12-17/h15H,3-12H2,1-2H3. The Morgan fingerprint density at radius 1 is 1.16 bits per heavy atom. The zero-order valence-corrected chi connectivity index (χ0v) is 12.3. The highest BCUT2D eigenvalue weighted by Crippen LogP contribution is 2.30. The van der Waals surface area contributed by atoms with Crippen molar-refractivity contribution in [1.82, 2.24) is 15.1 Å². The smallest absolute Gasteiger partial charge is 0.326 e. The summed E-state index contributed by atoms with van der Waals surface area (Å²) in [6.45, 7) is 11.5. The van der Waals surface area contributed by atoms with Gasteiger partial charge in [-0.1, -0.05) is 6.92 Å². The average molecular weight is 269 g/mol. The molecule has 2 aliphatic heterocycles. The molecule has 0 atom stereocenters. The maximum atomic E-state index is 12.5. The quantitative estimate of drug-likeness (QED) is 0.744. The van der Waals surface area contributed by atoms with E-state index < -0.39 is 0 Å². The van der Waals surface area contributed by atoms with Crippen molar-refractivity contribution in [2.75, 3.05) is 52.4 Å². The van der Waals surface area contributed by atoms with Gasteiger partial charge in [0.25, 0.3) is 0 Å². The molecule has 5 heteroatoms. The van der Waals surface area contributed by atoms with E-state index in [0.29, 0.717) is 6.61 Å². The van der Waals surface area contributed by atoms with Crippen LogP contribution in [0.2, 0.25) is 0 Å². The van der Waals surface area contributed by atoms with Crippen LogP contribution in [-0.4, -0.2) is 73.7 Å². The first-order valence-corrected chi connectivity index (χ1v) is 7.58. The lowest BCUT2D eigenvalue weighted by molar-refractivity contribution is -0.162. The van der Waals surface area contributed by atoms with E-state index in [1.54, 1.807) is 0 Å². The Kier molecular flexibility index (Phi) is 5.19. The van der Waals surface area contributed by atoms with Crippen LogP contribution >= 0.6 is 0 Å². The van der Waals surface area contributed by atoms with Crippen LogP contribution in [0.4, 0.5) is 0 Å². The lowest BCUT2D eigenvalue weighted by Gasteiger charge is -2.48. The van der Waals surface area contributed by atoms with Crippen LogP contribution in [0, 0.1) is 0 Å². The fourth-order valence-electron chi connectivity index (χ4n) is 3.25. The van der Waals surface area contributed by atoms with Crippen LogP contribution in [0.1, 0.15) is 26.7 Å². The van der Waals surface area contributed by atoms with Gasteiger partial charge in [0.05, 0.1) is 6.61 Å². The van der Waals surface area contributed by atoms with Crippen molar-refractivity contribution in [3.8, 4) is 0 Å². The third-order valence-electron chi connectivity index (χ3n) is 4.51. The van der Waals surface area contributed by atoms with Gasteiger partial charge in [-0.3, -0.25) is 9.69 Å². The number of esters is 1. The van der Waals surface area contributed by atoms with Crippen molar-refractivity contribution >= 4 is 5.97 Å². The molecule has 2 fully saturated rings. The molecule has 0 spiro atoms. The van der Waals surface area contributed by atoms with Crippen LogP contribution in [0.3, 0.4) is 0 Å². The molecule has 5 nitrogen and oxygen atoms in total. The number of carbonyl (C=O) groups is 1. The Balaban J connectivity index is 2.11. The molecule has 0 unspecified atom stereocenters. The fraction of sp³-hybridized carbons (Fsp3) is 0.929. The number of likely N-dealkylation sites (tertiary alicyclic amines) is 1. The number of ether oxygens (including phenoxy) is 1. The van der Waals surface area contributed by atoms with Crippen molar-refractivity contribution in [2.24, 2.45) is 0 Å². The lowest BCUT2D eigenvalue weighted by atomic mass is 9.85. The zero-order chi connectivity index (χ0) is 13.7. The number of piperazine rings is 1. The van der Waals surface area contributed by atoms with E-state index in [1.807, 2.05) is 6.92 Å². The summed E-state index contributed by atoms with van der Waals surface area (Å²) < 4.78 is 5.39. The first-order chi connectivity index (χ1) is 9.23. The number of hydrogen-bond donors (Lipinski definition) is 1. The first-order valence-electron chi connectivity index (χ1n) is 7.58. The molecule has 0 aromatic heterocycles. The highest BCUT2D eigenvalue weighted by molar-refractivity contribution is 5.81. The summed E-state index contributed by atoms with van der Waals surface area (Å²) in [4.78, 5) is 17.3. The average Bonchev–Trinajstić information content (AvgIpc) is 2.48. The Morgan fingerprint density at radius 3 is 2.32 bits per heavy atom. The van der Waals surface area contributed by atoms with E-state index in [-0.39, 0.29) is 11.5 Å².